The second-order valence-corrected chi connectivity index (χ2v) is 4.30. The average Bonchev–Trinajstić information content (AvgIpc) is 2.17. The minimum absolute atomic E-state index is 0.851. The highest BCUT2D eigenvalue weighted by Crippen LogP contribution is 2.17. The first-order valence-electron chi connectivity index (χ1n) is 3.77. The topological polar surface area (TPSA) is 25.8 Å². The Bertz CT molecular complexity index is 445. The lowest BCUT2D eigenvalue weighted by Gasteiger charge is -1.99. The first-order chi connectivity index (χ1) is 6.29. The average molecular weight is 349 g/mol. The van der Waals surface area contributed by atoms with Gasteiger partial charge in [0, 0.05) is 16.1 Å². The fraction of sp³-hybridized carbons (Fsp3) is 0.111. The SMILES string of the molecule is Brc1ccc2nc(CI)ncc2c1. The standard InChI is InChI=1S/C9H6BrIN2/c10-7-1-2-8-6(3-7)5-12-9(4-11)13-8/h1-3,5H,4H2. The van der Waals surface area contributed by atoms with Crippen LogP contribution in [0.1, 0.15) is 5.82 Å². The van der Waals surface area contributed by atoms with Crippen LogP contribution >= 0.6 is 38.5 Å². The number of rotatable bonds is 1. The zero-order valence-corrected chi connectivity index (χ0v) is 10.4. The van der Waals surface area contributed by atoms with E-state index < -0.39 is 0 Å². The smallest absolute Gasteiger partial charge is 0.138 e. The molecule has 0 radical (unpaired) electrons. The molecule has 0 aliphatic carbocycles. The van der Waals surface area contributed by atoms with E-state index >= 15 is 0 Å². The van der Waals surface area contributed by atoms with Crippen molar-refractivity contribution in [1.82, 2.24) is 9.97 Å². The molecular formula is C9H6BrIN2. The molecule has 0 unspecified atom stereocenters. The summed E-state index contributed by atoms with van der Waals surface area (Å²) in [6, 6.07) is 6.01. The number of hydrogen-bond acceptors (Lipinski definition) is 2. The maximum atomic E-state index is 4.40. The van der Waals surface area contributed by atoms with Crippen LogP contribution < -0.4 is 0 Å². The molecule has 0 spiro atoms. The van der Waals surface area contributed by atoms with E-state index in [2.05, 4.69) is 48.5 Å². The summed E-state index contributed by atoms with van der Waals surface area (Å²) in [7, 11) is 0. The van der Waals surface area contributed by atoms with Crippen LogP contribution in [0.5, 0.6) is 0 Å². The van der Waals surface area contributed by atoms with Gasteiger partial charge >= 0.3 is 0 Å². The Morgan fingerprint density at radius 1 is 1.38 bits per heavy atom. The molecule has 0 saturated carbocycles. The third-order valence-electron chi connectivity index (χ3n) is 1.71. The van der Waals surface area contributed by atoms with E-state index in [0.29, 0.717) is 0 Å². The van der Waals surface area contributed by atoms with Crippen molar-refractivity contribution in [2.75, 3.05) is 0 Å². The minimum Gasteiger partial charge on any atom is -0.240 e. The van der Waals surface area contributed by atoms with Crippen molar-refractivity contribution in [2.45, 2.75) is 4.43 Å². The van der Waals surface area contributed by atoms with Crippen LogP contribution in [0.2, 0.25) is 0 Å². The van der Waals surface area contributed by atoms with Crippen LogP contribution in [-0.2, 0) is 4.43 Å². The molecule has 1 aromatic carbocycles. The molecule has 0 fully saturated rings. The monoisotopic (exact) mass is 348 g/mol. The first kappa shape index (κ1) is 9.33. The molecule has 13 heavy (non-hydrogen) atoms. The number of nitrogens with zero attached hydrogens (tertiary/aromatic N) is 2. The molecule has 0 atom stereocenters. The quantitative estimate of drug-likeness (QED) is 0.583. The first-order valence-corrected chi connectivity index (χ1v) is 6.08. The summed E-state index contributed by atoms with van der Waals surface area (Å²) in [6.07, 6.45) is 1.86. The van der Waals surface area contributed by atoms with Gasteiger partial charge in [0.2, 0.25) is 0 Å². The van der Waals surface area contributed by atoms with Crippen LogP contribution in [0.15, 0.2) is 28.9 Å². The molecule has 0 saturated heterocycles. The Hall–Kier alpha value is -0.230. The molecule has 2 nitrogen and oxygen atoms in total. The summed E-state index contributed by atoms with van der Waals surface area (Å²) in [5.74, 6) is 0.885. The minimum atomic E-state index is 0.851. The predicted octanol–water partition coefficient (Wildman–Crippen LogP) is 3.33. The molecule has 1 aromatic heterocycles. The van der Waals surface area contributed by atoms with Gasteiger partial charge in [-0.05, 0) is 18.2 Å². The molecule has 4 heteroatoms. The fourth-order valence-corrected chi connectivity index (χ4v) is 1.85. The van der Waals surface area contributed by atoms with Gasteiger partial charge in [-0.1, -0.05) is 38.5 Å². The molecule has 2 aromatic rings. The number of hydrogen-bond donors (Lipinski definition) is 0. The van der Waals surface area contributed by atoms with E-state index in [1.54, 1.807) is 0 Å². The third-order valence-corrected chi connectivity index (χ3v) is 2.89. The second kappa shape index (κ2) is 3.88. The fourth-order valence-electron chi connectivity index (χ4n) is 1.11. The van der Waals surface area contributed by atoms with Crippen LogP contribution in [0.4, 0.5) is 0 Å². The van der Waals surface area contributed by atoms with Crippen molar-refractivity contribution in [3.63, 3.8) is 0 Å². The van der Waals surface area contributed by atoms with Crippen LogP contribution in [0.25, 0.3) is 10.9 Å². The summed E-state index contributed by atoms with van der Waals surface area (Å²) in [5, 5.41) is 1.07. The second-order valence-electron chi connectivity index (χ2n) is 2.62. The van der Waals surface area contributed by atoms with Crippen LogP contribution in [0.3, 0.4) is 0 Å². The van der Waals surface area contributed by atoms with E-state index in [1.165, 1.54) is 0 Å². The van der Waals surface area contributed by atoms with Gasteiger partial charge in [0.25, 0.3) is 0 Å². The number of alkyl halides is 1. The summed E-state index contributed by atoms with van der Waals surface area (Å²) in [4.78, 5) is 8.62. The molecule has 0 aliphatic heterocycles. The van der Waals surface area contributed by atoms with Crippen LogP contribution in [-0.4, -0.2) is 9.97 Å². The number of halogens is 2. The molecule has 0 aliphatic rings. The van der Waals surface area contributed by atoms with Crippen molar-refractivity contribution < 1.29 is 0 Å². The summed E-state index contributed by atoms with van der Waals surface area (Å²) in [6.45, 7) is 0. The highest BCUT2D eigenvalue weighted by atomic mass is 127. The summed E-state index contributed by atoms with van der Waals surface area (Å²) < 4.78 is 1.91. The number of fused-ring (bicyclic) bond motifs is 1. The van der Waals surface area contributed by atoms with Gasteiger partial charge < -0.3 is 0 Å². The molecule has 1 heterocycles. The van der Waals surface area contributed by atoms with E-state index in [4.69, 9.17) is 0 Å². The van der Waals surface area contributed by atoms with Gasteiger partial charge in [-0.2, -0.15) is 0 Å². The van der Waals surface area contributed by atoms with E-state index in [0.717, 1.165) is 25.6 Å². The molecule has 2 rings (SSSR count). The van der Waals surface area contributed by atoms with Crippen LogP contribution in [0, 0.1) is 0 Å². The molecule has 66 valence electrons. The molecule has 0 bridgehead atoms. The van der Waals surface area contributed by atoms with Crippen molar-refractivity contribution >= 4 is 49.4 Å². The van der Waals surface area contributed by atoms with Crippen molar-refractivity contribution in [3.8, 4) is 0 Å². The lowest BCUT2D eigenvalue weighted by Crippen LogP contribution is -1.90. The Labute approximate surface area is 98.0 Å². The Morgan fingerprint density at radius 2 is 2.23 bits per heavy atom. The molecule has 0 N–H and O–H groups in total. The zero-order valence-electron chi connectivity index (χ0n) is 6.67. The van der Waals surface area contributed by atoms with Gasteiger partial charge in [0.1, 0.15) is 5.82 Å². The van der Waals surface area contributed by atoms with E-state index in [1.807, 2.05) is 24.4 Å². The summed E-state index contributed by atoms with van der Waals surface area (Å²) >= 11 is 5.67. The Kier molecular flexibility index (Phi) is 2.78. The molecule has 0 amide bonds. The number of aromatic nitrogens is 2. The van der Waals surface area contributed by atoms with Gasteiger partial charge in [-0.3, -0.25) is 0 Å². The van der Waals surface area contributed by atoms with Crippen molar-refractivity contribution in [3.05, 3.63) is 34.7 Å². The number of benzene rings is 1. The maximum absolute atomic E-state index is 4.40. The summed E-state index contributed by atoms with van der Waals surface area (Å²) in [5.41, 5.74) is 1.00. The Balaban J connectivity index is 2.66. The van der Waals surface area contributed by atoms with E-state index in [9.17, 15) is 0 Å². The predicted molar refractivity (Wildman–Crippen MR) is 65.0 cm³/mol. The van der Waals surface area contributed by atoms with Gasteiger partial charge in [-0.25, -0.2) is 9.97 Å². The highest BCUT2D eigenvalue weighted by molar-refractivity contribution is 14.1. The highest BCUT2D eigenvalue weighted by Gasteiger charge is 1.98. The normalized spacial score (nSPS) is 10.6. The van der Waals surface area contributed by atoms with Crippen molar-refractivity contribution in [1.29, 1.82) is 0 Å². The van der Waals surface area contributed by atoms with E-state index in [-0.39, 0.29) is 0 Å². The van der Waals surface area contributed by atoms with Gasteiger partial charge in [0.05, 0.1) is 9.94 Å². The van der Waals surface area contributed by atoms with Gasteiger partial charge in [-0.15, -0.1) is 0 Å². The maximum Gasteiger partial charge on any atom is 0.138 e. The Morgan fingerprint density at radius 3 is 3.00 bits per heavy atom. The third kappa shape index (κ3) is 1.99. The largest absolute Gasteiger partial charge is 0.240 e. The van der Waals surface area contributed by atoms with Gasteiger partial charge in [0.15, 0.2) is 0 Å². The van der Waals surface area contributed by atoms with Crippen molar-refractivity contribution in [2.24, 2.45) is 0 Å². The lowest BCUT2D eigenvalue weighted by molar-refractivity contribution is 1.08. The lowest BCUT2D eigenvalue weighted by atomic mass is 10.2. The zero-order chi connectivity index (χ0) is 9.26. The molecular weight excluding hydrogens is 343 g/mol.